The molecule has 2 nitrogen and oxygen atoms in total. The van der Waals surface area contributed by atoms with Gasteiger partial charge in [0.15, 0.2) is 0 Å². The smallest absolute Gasteiger partial charge is 0.147 e. The molecule has 0 aliphatic rings. The summed E-state index contributed by atoms with van der Waals surface area (Å²) in [6.45, 7) is 5.78. The number of hydrogen-bond donors (Lipinski definition) is 1. The summed E-state index contributed by atoms with van der Waals surface area (Å²) in [6.07, 6.45) is 0. The lowest BCUT2D eigenvalue weighted by Gasteiger charge is -2.07. The van der Waals surface area contributed by atoms with Gasteiger partial charge in [0, 0.05) is 11.0 Å². The summed E-state index contributed by atoms with van der Waals surface area (Å²) in [5, 5.41) is 0.596. The number of carbonyl (C=O) groups excluding carboxylic acids is 1. The second-order valence-electron chi connectivity index (χ2n) is 2.65. The van der Waals surface area contributed by atoms with Crippen molar-refractivity contribution in [1.82, 2.24) is 0 Å². The van der Waals surface area contributed by atoms with Gasteiger partial charge in [0.05, 0.1) is 6.04 Å². The first-order chi connectivity index (χ1) is 5.04. The van der Waals surface area contributed by atoms with Gasteiger partial charge in [-0.25, -0.2) is 0 Å². The molecule has 0 amide bonds. The zero-order valence-electron chi connectivity index (χ0n) is 7.16. The Morgan fingerprint density at radius 1 is 1.55 bits per heavy atom. The number of carbonyl (C=O) groups is 1. The molecule has 0 aromatic rings. The molecule has 0 aliphatic heterocycles. The summed E-state index contributed by atoms with van der Waals surface area (Å²) in [6, 6.07) is -0.286. The van der Waals surface area contributed by atoms with E-state index in [1.54, 1.807) is 21.6 Å². The molecule has 66 valence electrons. The quantitative estimate of drug-likeness (QED) is 0.675. The van der Waals surface area contributed by atoms with E-state index in [1.165, 1.54) is 6.92 Å². The molecule has 0 aromatic heterocycles. The first-order valence-electron chi connectivity index (χ1n) is 3.58. The standard InChI is InChI=1S/C7H15NOS2/c1-5(2)11-10-4-7(8)6(3)9/h5,7H,4,8H2,1-3H3/t7-/m0/s1. The lowest BCUT2D eigenvalue weighted by Crippen LogP contribution is -2.30. The molecule has 2 N–H and O–H groups in total. The third-order valence-electron chi connectivity index (χ3n) is 1.03. The molecular formula is C7H15NOS2. The Kier molecular flexibility index (Phi) is 6.09. The Morgan fingerprint density at radius 3 is 2.45 bits per heavy atom. The molecule has 0 fully saturated rings. The van der Waals surface area contributed by atoms with E-state index in [2.05, 4.69) is 13.8 Å². The summed E-state index contributed by atoms with van der Waals surface area (Å²) < 4.78 is 0. The van der Waals surface area contributed by atoms with E-state index in [0.29, 0.717) is 5.25 Å². The summed E-state index contributed by atoms with van der Waals surface area (Å²) in [7, 11) is 3.43. The topological polar surface area (TPSA) is 43.1 Å². The Balaban J connectivity index is 3.31. The van der Waals surface area contributed by atoms with Crippen molar-refractivity contribution in [2.75, 3.05) is 5.75 Å². The highest BCUT2D eigenvalue weighted by molar-refractivity contribution is 8.76. The summed E-state index contributed by atoms with van der Waals surface area (Å²) in [4.78, 5) is 10.7. The molecule has 0 bridgehead atoms. The van der Waals surface area contributed by atoms with Crippen LogP contribution in [-0.2, 0) is 4.79 Å². The number of hydrogen-bond acceptors (Lipinski definition) is 4. The molecule has 0 rings (SSSR count). The van der Waals surface area contributed by atoms with Crippen LogP contribution in [-0.4, -0.2) is 22.8 Å². The number of nitrogens with two attached hydrogens (primary N) is 1. The summed E-state index contributed by atoms with van der Waals surface area (Å²) >= 11 is 0. The third-order valence-corrected chi connectivity index (χ3v) is 4.02. The zero-order chi connectivity index (χ0) is 8.85. The maximum absolute atomic E-state index is 10.7. The van der Waals surface area contributed by atoms with Crippen molar-refractivity contribution >= 4 is 27.4 Å². The summed E-state index contributed by atoms with van der Waals surface area (Å²) in [5.41, 5.74) is 5.52. The molecule has 0 heterocycles. The molecule has 0 unspecified atom stereocenters. The average Bonchev–Trinajstić information content (AvgIpc) is 1.86. The van der Waals surface area contributed by atoms with Gasteiger partial charge in [-0.3, -0.25) is 4.79 Å². The van der Waals surface area contributed by atoms with Gasteiger partial charge in [0.1, 0.15) is 5.78 Å². The van der Waals surface area contributed by atoms with Gasteiger partial charge in [-0.15, -0.1) is 0 Å². The first-order valence-corrected chi connectivity index (χ1v) is 5.96. The molecule has 0 saturated carbocycles. The van der Waals surface area contributed by atoms with Crippen molar-refractivity contribution in [2.45, 2.75) is 32.1 Å². The van der Waals surface area contributed by atoms with Crippen molar-refractivity contribution < 1.29 is 4.79 Å². The lowest BCUT2D eigenvalue weighted by atomic mass is 10.3. The van der Waals surface area contributed by atoms with E-state index in [4.69, 9.17) is 5.73 Å². The van der Waals surface area contributed by atoms with Gasteiger partial charge < -0.3 is 5.73 Å². The second-order valence-corrected chi connectivity index (χ2v) is 5.64. The minimum atomic E-state index is -0.286. The highest BCUT2D eigenvalue weighted by atomic mass is 33.1. The van der Waals surface area contributed by atoms with Crippen LogP contribution in [0.1, 0.15) is 20.8 Å². The number of ketones is 1. The fraction of sp³-hybridized carbons (Fsp3) is 0.857. The maximum atomic E-state index is 10.7. The molecule has 0 spiro atoms. The third kappa shape index (κ3) is 6.72. The van der Waals surface area contributed by atoms with Crippen molar-refractivity contribution in [2.24, 2.45) is 5.73 Å². The Labute approximate surface area is 76.1 Å². The Bertz CT molecular complexity index is 128. The number of Topliss-reactive ketones (excluding diaryl/α,β-unsaturated/α-hetero) is 1. The second kappa shape index (κ2) is 5.91. The van der Waals surface area contributed by atoms with E-state index in [-0.39, 0.29) is 11.8 Å². The van der Waals surface area contributed by atoms with Crippen LogP contribution in [0, 0.1) is 0 Å². The Morgan fingerprint density at radius 2 is 2.09 bits per heavy atom. The summed E-state index contributed by atoms with van der Waals surface area (Å²) in [5.74, 6) is 0.792. The monoisotopic (exact) mass is 193 g/mol. The first kappa shape index (κ1) is 11.3. The fourth-order valence-electron chi connectivity index (χ4n) is 0.366. The van der Waals surface area contributed by atoms with E-state index in [1.807, 2.05) is 0 Å². The predicted octanol–water partition coefficient (Wildman–Crippen LogP) is 1.69. The van der Waals surface area contributed by atoms with Gasteiger partial charge in [-0.1, -0.05) is 35.4 Å². The van der Waals surface area contributed by atoms with E-state index < -0.39 is 0 Å². The fourth-order valence-corrected chi connectivity index (χ4v) is 2.59. The predicted molar refractivity (Wildman–Crippen MR) is 53.8 cm³/mol. The van der Waals surface area contributed by atoms with Gasteiger partial charge in [-0.05, 0) is 6.92 Å². The SMILES string of the molecule is CC(=O)[C@@H](N)CSSC(C)C. The molecule has 4 heteroatoms. The van der Waals surface area contributed by atoms with E-state index in [0.717, 1.165) is 5.75 Å². The van der Waals surface area contributed by atoms with Crippen molar-refractivity contribution in [3.05, 3.63) is 0 Å². The maximum Gasteiger partial charge on any atom is 0.147 e. The molecular weight excluding hydrogens is 178 g/mol. The molecule has 0 aliphatic carbocycles. The van der Waals surface area contributed by atoms with Crippen molar-refractivity contribution in [3.8, 4) is 0 Å². The van der Waals surface area contributed by atoms with Crippen LogP contribution in [0.5, 0.6) is 0 Å². The zero-order valence-corrected chi connectivity index (χ0v) is 8.80. The lowest BCUT2D eigenvalue weighted by molar-refractivity contribution is -0.117. The van der Waals surface area contributed by atoms with Gasteiger partial charge in [-0.2, -0.15) is 0 Å². The van der Waals surface area contributed by atoms with Crippen LogP contribution in [0.25, 0.3) is 0 Å². The van der Waals surface area contributed by atoms with E-state index in [9.17, 15) is 4.79 Å². The molecule has 0 aromatic carbocycles. The van der Waals surface area contributed by atoms with Gasteiger partial charge >= 0.3 is 0 Å². The van der Waals surface area contributed by atoms with Crippen molar-refractivity contribution in [1.29, 1.82) is 0 Å². The van der Waals surface area contributed by atoms with Crippen LogP contribution < -0.4 is 5.73 Å². The van der Waals surface area contributed by atoms with Crippen LogP contribution in [0.4, 0.5) is 0 Å². The van der Waals surface area contributed by atoms with Crippen LogP contribution >= 0.6 is 21.6 Å². The molecule has 0 saturated heterocycles. The Hall–Kier alpha value is 0.330. The molecule has 11 heavy (non-hydrogen) atoms. The molecule has 1 atom stereocenters. The normalized spacial score (nSPS) is 13.5. The average molecular weight is 193 g/mol. The highest BCUT2D eigenvalue weighted by Gasteiger charge is 2.07. The van der Waals surface area contributed by atoms with Gasteiger partial charge in [0.2, 0.25) is 0 Å². The minimum Gasteiger partial charge on any atom is -0.321 e. The van der Waals surface area contributed by atoms with Crippen molar-refractivity contribution in [3.63, 3.8) is 0 Å². The van der Waals surface area contributed by atoms with E-state index >= 15 is 0 Å². The number of rotatable bonds is 5. The van der Waals surface area contributed by atoms with Crippen LogP contribution in [0.2, 0.25) is 0 Å². The van der Waals surface area contributed by atoms with Crippen LogP contribution in [0.15, 0.2) is 0 Å². The molecule has 0 radical (unpaired) electrons. The highest BCUT2D eigenvalue weighted by Crippen LogP contribution is 2.26. The largest absolute Gasteiger partial charge is 0.321 e. The van der Waals surface area contributed by atoms with Gasteiger partial charge in [0.25, 0.3) is 0 Å². The van der Waals surface area contributed by atoms with Crippen LogP contribution in [0.3, 0.4) is 0 Å². The minimum absolute atomic E-state index is 0.0712.